The highest BCUT2D eigenvalue weighted by Crippen LogP contribution is 2.34. The van der Waals surface area contributed by atoms with Gasteiger partial charge in [0.1, 0.15) is 0 Å². The van der Waals surface area contributed by atoms with Crippen LogP contribution in [0.25, 0.3) is 0 Å². The largest absolute Gasteiger partial charge is 0.332 e. The Morgan fingerprint density at radius 1 is 1.41 bits per heavy atom. The summed E-state index contributed by atoms with van der Waals surface area (Å²) in [6, 6.07) is 2.10. The third-order valence-electron chi connectivity index (χ3n) is 3.76. The van der Waals surface area contributed by atoms with E-state index in [2.05, 4.69) is 18.0 Å². The zero-order valence-corrected chi connectivity index (χ0v) is 10.5. The molecule has 0 aromatic carbocycles. The number of aryl methyl sites for hydroxylation is 2. The molecule has 17 heavy (non-hydrogen) atoms. The number of aromatic nitrogens is 1. The molecule has 1 amide bonds. The van der Waals surface area contributed by atoms with Crippen molar-refractivity contribution in [1.29, 1.82) is 0 Å². The van der Waals surface area contributed by atoms with Gasteiger partial charge in [-0.15, -0.1) is 0 Å². The van der Waals surface area contributed by atoms with Crippen molar-refractivity contribution in [3.05, 3.63) is 28.6 Å². The second kappa shape index (κ2) is 3.83. The summed E-state index contributed by atoms with van der Waals surface area (Å²) in [6.45, 7) is 5.60. The predicted octanol–water partition coefficient (Wildman–Crippen LogP) is 2.34. The van der Waals surface area contributed by atoms with Crippen LogP contribution in [0.1, 0.15) is 41.8 Å². The van der Waals surface area contributed by atoms with E-state index in [-0.39, 0.29) is 0 Å². The number of amides is 1. The van der Waals surface area contributed by atoms with Gasteiger partial charge < -0.3 is 4.90 Å². The van der Waals surface area contributed by atoms with Crippen LogP contribution in [0.15, 0.2) is 6.07 Å². The molecule has 1 aliphatic carbocycles. The van der Waals surface area contributed by atoms with Crippen molar-refractivity contribution in [2.45, 2.75) is 46.2 Å². The van der Waals surface area contributed by atoms with Crippen molar-refractivity contribution >= 4 is 5.91 Å². The van der Waals surface area contributed by atoms with E-state index in [0.717, 1.165) is 24.4 Å². The lowest BCUT2D eigenvalue weighted by Crippen LogP contribution is -2.25. The molecule has 0 radical (unpaired) electrons. The molecule has 2 heterocycles. The van der Waals surface area contributed by atoms with E-state index < -0.39 is 0 Å². The minimum Gasteiger partial charge on any atom is -0.332 e. The summed E-state index contributed by atoms with van der Waals surface area (Å²) in [4.78, 5) is 18.6. The Hall–Kier alpha value is -1.38. The van der Waals surface area contributed by atoms with Gasteiger partial charge in [-0.05, 0) is 49.8 Å². The summed E-state index contributed by atoms with van der Waals surface area (Å²) >= 11 is 0. The summed E-state index contributed by atoms with van der Waals surface area (Å²) in [7, 11) is 0. The Morgan fingerprint density at radius 2 is 2.18 bits per heavy atom. The fraction of sp³-hybridized carbons (Fsp3) is 0.571. The second-order valence-corrected chi connectivity index (χ2v) is 5.40. The van der Waals surface area contributed by atoms with Crippen LogP contribution in [-0.4, -0.2) is 15.8 Å². The topological polar surface area (TPSA) is 33.2 Å². The number of fused-ring (bicyclic) bond motifs is 1. The molecule has 1 saturated carbocycles. The minimum absolute atomic E-state index is 0.308. The van der Waals surface area contributed by atoms with Crippen molar-refractivity contribution in [3.63, 3.8) is 0 Å². The van der Waals surface area contributed by atoms with Crippen LogP contribution in [0.5, 0.6) is 0 Å². The van der Waals surface area contributed by atoms with Crippen molar-refractivity contribution in [1.82, 2.24) is 9.88 Å². The van der Waals surface area contributed by atoms with Crippen molar-refractivity contribution in [2.75, 3.05) is 0 Å². The van der Waals surface area contributed by atoms with Gasteiger partial charge in [0.25, 0.3) is 0 Å². The van der Waals surface area contributed by atoms with Gasteiger partial charge in [-0.25, -0.2) is 0 Å². The monoisotopic (exact) mass is 230 g/mol. The van der Waals surface area contributed by atoms with Crippen LogP contribution in [-0.2, 0) is 17.9 Å². The predicted molar refractivity (Wildman–Crippen MR) is 65.3 cm³/mol. The molecule has 0 saturated heterocycles. The SMILES string of the molecule is Cc1cc(C)c2c(n1)CN(C(=O)CC1CC1)C2. The number of hydrogen-bond acceptors (Lipinski definition) is 2. The standard InChI is InChI=1S/C14H18N2O/c1-9-5-10(2)15-13-8-16(7-12(9)13)14(17)6-11-3-4-11/h5,11H,3-4,6-8H2,1-2H3. The molecule has 0 spiro atoms. The first kappa shape index (κ1) is 10.8. The third kappa shape index (κ3) is 2.06. The highest BCUT2D eigenvalue weighted by molar-refractivity contribution is 5.77. The van der Waals surface area contributed by atoms with E-state index in [1.807, 2.05) is 11.8 Å². The summed E-state index contributed by atoms with van der Waals surface area (Å²) in [5.41, 5.74) is 4.69. The van der Waals surface area contributed by atoms with E-state index in [0.29, 0.717) is 18.4 Å². The fourth-order valence-electron chi connectivity index (χ4n) is 2.59. The second-order valence-electron chi connectivity index (χ2n) is 5.40. The number of rotatable bonds is 2. The molecule has 1 fully saturated rings. The normalized spacial score (nSPS) is 18.4. The van der Waals surface area contributed by atoms with Crippen LogP contribution < -0.4 is 0 Å². The maximum Gasteiger partial charge on any atom is 0.223 e. The minimum atomic E-state index is 0.308. The lowest BCUT2D eigenvalue weighted by atomic mass is 10.1. The number of carbonyl (C=O) groups excluding carboxylic acids is 1. The molecule has 1 aliphatic heterocycles. The lowest BCUT2D eigenvalue weighted by Gasteiger charge is -2.14. The Balaban J connectivity index is 1.77. The number of pyridine rings is 1. The van der Waals surface area contributed by atoms with E-state index in [1.165, 1.54) is 24.0 Å². The van der Waals surface area contributed by atoms with Gasteiger partial charge in [0.15, 0.2) is 0 Å². The maximum atomic E-state index is 12.1. The zero-order chi connectivity index (χ0) is 12.0. The molecule has 0 atom stereocenters. The molecule has 0 N–H and O–H groups in total. The molecule has 0 bridgehead atoms. The Bertz CT molecular complexity index is 477. The van der Waals surface area contributed by atoms with Gasteiger partial charge in [-0.1, -0.05) is 0 Å². The van der Waals surface area contributed by atoms with Crippen LogP contribution in [0.2, 0.25) is 0 Å². The molecule has 90 valence electrons. The molecular formula is C14H18N2O. The van der Waals surface area contributed by atoms with Gasteiger partial charge in [-0.3, -0.25) is 9.78 Å². The van der Waals surface area contributed by atoms with E-state index >= 15 is 0 Å². The molecule has 0 unspecified atom stereocenters. The molecule has 1 aromatic rings. The van der Waals surface area contributed by atoms with Crippen LogP contribution >= 0.6 is 0 Å². The van der Waals surface area contributed by atoms with Gasteiger partial charge in [0.05, 0.1) is 12.2 Å². The summed E-state index contributed by atoms with van der Waals surface area (Å²) in [5, 5.41) is 0. The highest BCUT2D eigenvalue weighted by atomic mass is 16.2. The van der Waals surface area contributed by atoms with Crippen LogP contribution in [0.4, 0.5) is 0 Å². The molecule has 3 heteroatoms. The number of hydrogen-bond donors (Lipinski definition) is 0. The van der Waals surface area contributed by atoms with Gasteiger partial charge in [-0.2, -0.15) is 0 Å². The average molecular weight is 230 g/mol. The van der Waals surface area contributed by atoms with Crippen molar-refractivity contribution in [3.8, 4) is 0 Å². The third-order valence-corrected chi connectivity index (χ3v) is 3.76. The van der Waals surface area contributed by atoms with Crippen molar-refractivity contribution < 1.29 is 4.79 Å². The summed E-state index contributed by atoms with van der Waals surface area (Å²) in [5.74, 6) is 0.976. The Morgan fingerprint density at radius 3 is 2.88 bits per heavy atom. The number of nitrogens with zero attached hydrogens (tertiary/aromatic N) is 2. The fourth-order valence-corrected chi connectivity index (χ4v) is 2.59. The lowest BCUT2D eigenvalue weighted by molar-refractivity contribution is -0.132. The maximum absolute atomic E-state index is 12.1. The summed E-state index contributed by atoms with van der Waals surface area (Å²) in [6.07, 6.45) is 3.22. The summed E-state index contributed by atoms with van der Waals surface area (Å²) < 4.78 is 0. The van der Waals surface area contributed by atoms with Gasteiger partial charge in [0.2, 0.25) is 5.91 Å². The quantitative estimate of drug-likeness (QED) is 0.781. The van der Waals surface area contributed by atoms with Gasteiger partial charge >= 0.3 is 0 Å². The Kier molecular flexibility index (Phi) is 2.42. The highest BCUT2D eigenvalue weighted by Gasteiger charge is 2.30. The number of carbonyl (C=O) groups is 1. The zero-order valence-electron chi connectivity index (χ0n) is 10.5. The average Bonchev–Trinajstić information content (AvgIpc) is 2.94. The van der Waals surface area contributed by atoms with Gasteiger partial charge in [0, 0.05) is 18.7 Å². The molecule has 2 aliphatic rings. The first-order chi connectivity index (χ1) is 8.13. The molecular weight excluding hydrogens is 212 g/mol. The smallest absolute Gasteiger partial charge is 0.223 e. The molecule has 3 nitrogen and oxygen atoms in total. The molecule has 1 aromatic heterocycles. The molecule has 3 rings (SSSR count). The van der Waals surface area contributed by atoms with E-state index in [4.69, 9.17) is 0 Å². The first-order valence-electron chi connectivity index (χ1n) is 6.37. The van der Waals surface area contributed by atoms with E-state index in [1.54, 1.807) is 0 Å². The Labute approximate surface area is 102 Å². The van der Waals surface area contributed by atoms with Crippen LogP contribution in [0.3, 0.4) is 0 Å². The van der Waals surface area contributed by atoms with E-state index in [9.17, 15) is 4.79 Å². The first-order valence-corrected chi connectivity index (χ1v) is 6.37. The van der Waals surface area contributed by atoms with Crippen LogP contribution in [0, 0.1) is 19.8 Å². The van der Waals surface area contributed by atoms with Crippen molar-refractivity contribution in [2.24, 2.45) is 5.92 Å².